The predicted octanol–water partition coefficient (Wildman–Crippen LogP) is 7.07. The molecular weight excluding hydrogens is 326 g/mol. The first-order chi connectivity index (χ1) is 13.2. The second-order valence-electron chi connectivity index (χ2n) is 7.19. The van der Waals surface area contributed by atoms with Crippen molar-refractivity contribution in [3.8, 4) is 16.8 Å². The summed E-state index contributed by atoms with van der Waals surface area (Å²) in [6.07, 6.45) is 0. The van der Waals surface area contributed by atoms with Gasteiger partial charge in [0.25, 0.3) is 0 Å². The Morgan fingerprint density at radius 1 is 0.519 bits per heavy atom. The summed E-state index contributed by atoms with van der Waals surface area (Å²) in [7, 11) is 0. The van der Waals surface area contributed by atoms with Crippen LogP contribution < -0.4 is 0 Å². The highest BCUT2D eigenvalue weighted by molar-refractivity contribution is 6.10. The maximum Gasteiger partial charge on any atom is 0.0547 e. The van der Waals surface area contributed by atoms with Gasteiger partial charge in [0.05, 0.1) is 11.0 Å². The zero-order valence-electron chi connectivity index (χ0n) is 15.6. The molecule has 27 heavy (non-hydrogen) atoms. The molecule has 0 N–H and O–H groups in total. The monoisotopic (exact) mass is 347 g/mol. The maximum absolute atomic E-state index is 2.38. The Balaban J connectivity index is 1.92. The van der Waals surface area contributed by atoms with Crippen molar-refractivity contribution in [2.75, 3.05) is 0 Å². The van der Waals surface area contributed by atoms with Crippen LogP contribution in [0, 0.1) is 13.8 Å². The van der Waals surface area contributed by atoms with Crippen LogP contribution in [0.2, 0.25) is 0 Å². The fraction of sp³-hybridized carbons (Fsp3) is 0.0769. The van der Waals surface area contributed by atoms with Gasteiger partial charge in [-0.1, -0.05) is 60.7 Å². The summed E-state index contributed by atoms with van der Waals surface area (Å²) in [4.78, 5) is 0. The molecule has 0 amide bonds. The van der Waals surface area contributed by atoms with E-state index in [1.807, 2.05) is 0 Å². The summed E-state index contributed by atoms with van der Waals surface area (Å²) in [6.45, 7) is 4.40. The lowest BCUT2D eigenvalue weighted by Gasteiger charge is -2.12. The van der Waals surface area contributed by atoms with Crippen LogP contribution in [0.1, 0.15) is 11.1 Å². The van der Waals surface area contributed by atoms with E-state index >= 15 is 0 Å². The highest BCUT2D eigenvalue weighted by Gasteiger charge is 2.15. The Morgan fingerprint density at radius 3 is 2.04 bits per heavy atom. The first kappa shape index (κ1) is 15.9. The van der Waals surface area contributed by atoms with Gasteiger partial charge in [0.1, 0.15) is 0 Å². The highest BCUT2D eigenvalue weighted by atomic mass is 15.0. The summed E-state index contributed by atoms with van der Waals surface area (Å²) < 4.78 is 2.38. The van der Waals surface area contributed by atoms with Crippen molar-refractivity contribution in [3.63, 3.8) is 0 Å². The normalized spacial score (nSPS) is 11.3. The Labute approximate surface area is 159 Å². The molecule has 0 aliphatic rings. The zero-order chi connectivity index (χ0) is 18.4. The van der Waals surface area contributed by atoms with Crippen LogP contribution in [0.3, 0.4) is 0 Å². The van der Waals surface area contributed by atoms with Crippen molar-refractivity contribution in [1.82, 2.24) is 4.57 Å². The molecule has 0 saturated carbocycles. The van der Waals surface area contributed by atoms with E-state index in [0.717, 1.165) is 0 Å². The fourth-order valence-electron chi connectivity index (χ4n) is 4.14. The van der Waals surface area contributed by atoms with Crippen molar-refractivity contribution >= 4 is 21.8 Å². The number of rotatable bonds is 2. The number of benzene rings is 4. The summed E-state index contributed by atoms with van der Waals surface area (Å²) >= 11 is 0. The molecule has 1 aromatic heterocycles. The highest BCUT2D eigenvalue weighted by Crippen LogP contribution is 2.37. The molecule has 0 fully saturated rings. The number of aromatic nitrogens is 1. The van der Waals surface area contributed by atoms with Crippen LogP contribution in [-0.4, -0.2) is 4.57 Å². The lowest BCUT2D eigenvalue weighted by atomic mass is 9.95. The lowest BCUT2D eigenvalue weighted by molar-refractivity contribution is 1.18. The first-order valence-electron chi connectivity index (χ1n) is 9.39. The van der Waals surface area contributed by atoms with Crippen LogP contribution >= 0.6 is 0 Å². The second kappa shape index (κ2) is 6.14. The van der Waals surface area contributed by atoms with E-state index in [9.17, 15) is 0 Å². The van der Waals surface area contributed by atoms with Crippen LogP contribution in [0.4, 0.5) is 0 Å². The largest absolute Gasteiger partial charge is 0.309 e. The van der Waals surface area contributed by atoms with Gasteiger partial charge < -0.3 is 4.57 Å². The maximum atomic E-state index is 2.38. The summed E-state index contributed by atoms with van der Waals surface area (Å²) in [5, 5.41) is 2.61. The lowest BCUT2D eigenvalue weighted by Crippen LogP contribution is -1.94. The van der Waals surface area contributed by atoms with Gasteiger partial charge in [-0.05, 0) is 66.4 Å². The van der Waals surface area contributed by atoms with Gasteiger partial charge in [-0.15, -0.1) is 0 Å². The van der Waals surface area contributed by atoms with E-state index in [1.165, 1.54) is 49.7 Å². The van der Waals surface area contributed by atoms with Crippen molar-refractivity contribution in [3.05, 3.63) is 102 Å². The summed E-state index contributed by atoms with van der Waals surface area (Å²) in [6, 6.07) is 32.7. The van der Waals surface area contributed by atoms with Crippen molar-refractivity contribution in [1.29, 1.82) is 0 Å². The van der Waals surface area contributed by atoms with E-state index in [1.54, 1.807) is 0 Å². The van der Waals surface area contributed by atoms with Crippen LogP contribution in [0.25, 0.3) is 38.6 Å². The fourth-order valence-corrected chi connectivity index (χ4v) is 4.14. The number of fused-ring (bicyclic) bond motifs is 3. The number of para-hydroxylation sites is 2. The van der Waals surface area contributed by atoms with Crippen LogP contribution in [0.5, 0.6) is 0 Å². The van der Waals surface area contributed by atoms with E-state index in [-0.39, 0.29) is 0 Å². The Morgan fingerprint density at radius 2 is 1.22 bits per heavy atom. The Kier molecular flexibility index (Phi) is 3.61. The molecule has 4 aromatic carbocycles. The third-order valence-electron chi connectivity index (χ3n) is 5.47. The number of hydrogen-bond donors (Lipinski definition) is 0. The Hall–Kier alpha value is -3.32. The quantitative estimate of drug-likeness (QED) is 0.322. The number of hydrogen-bond acceptors (Lipinski definition) is 0. The Bertz CT molecular complexity index is 1280. The van der Waals surface area contributed by atoms with E-state index in [4.69, 9.17) is 0 Å². The minimum Gasteiger partial charge on any atom is -0.309 e. The topological polar surface area (TPSA) is 4.93 Å². The van der Waals surface area contributed by atoms with Crippen molar-refractivity contribution in [2.45, 2.75) is 13.8 Å². The van der Waals surface area contributed by atoms with Gasteiger partial charge >= 0.3 is 0 Å². The van der Waals surface area contributed by atoms with E-state index in [2.05, 4.69) is 109 Å². The first-order valence-corrected chi connectivity index (χ1v) is 9.39. The molecule has 0 aliphatic heterocycles. The SMILES string of the molecule is Cc1ccccc1-c1cc2c(cc1C)c1ccccc1n2-c1ccccc1. The summed E-state index contributed by atoms with van der Waals surface area (Å²) in [5.41, 5.74) is 8.94. The molecule has 0 atom stereocenters. The van der Waals surface area contributed by atoms with Gasteiger partial charge in [0, 0.05) is 16.5 Å². The molecule has 1 heteroatoms. The van der Waals surface area contributed by atoms with Crippen molar-refractivity contribution in [2.24, 2.45) is 0 Å². The third-order valence-corrected chi connectivity index (χ3v) is 5.47. The zero-order valence-corrected chi connectivity index (χ0v) is 15.6. The molecule has 0 aliphatic carbocycles. The molecule has 130 valence electrons. The minimum atomic E-state index is 1.20. The minimum absolute atomic E-state index is 1.20. The molecular formula is C26H21N. The molecule has 0 spiro atoms. The molecule has 1 nitrogen and oxygen atoms in total. The number of nitrogens with zero attached hydrogens (tertiary/aromatic N) is 1. The average molecular weight is 347 g/mol. The predicted molar refractivity (Wildman–Crippen MR) is 116 cm³/mol. The molecule has 1 heterocycles. The molecule has 5 aromatic rings. The van der Waals surface area contributed by atoms with Crippen LogP contribution in [0.15, 0.2) is 91.0 Å². The smallest absolute Gasteiger partial charge is 0.0547 e. The standard InChI is InChI=1S/C26H21N/c1-18-10-6-7-13-21(18)23-17-26-24(16-19(23)2)22-14-8-9-15-25(22)27(26)20-11-4-3-5-12-20/h3-17H,1-2H3. The molecule has 5 rings (SSSR count). The van der Waals surface area contributed by atoms with Gasteiger partial charge in [0.2, 0.25) is 0 Å². The van der Waals surface area contributed by atoms with Crippen molar-refractivity contribution < 1.29 is 0 Å². The molecule has 0 saturated heterocycles. The van der Waals surface area contributed by atoms with Gasteiger partial charge in [-0.2, -0.15) is 0 Å². The van der Waals surface area contributed by atoms with Gasteiger partial charge in [0.15, 0.2) is 0 Å². The molecule has 0 unspecified atom stereocenters. The average Bonchev–Trinajstić information content (AvgIpc) is 3.02. The van der Waals surface area contributed by atoms with Gasteiger partial charge in [-0.25, -0.2) is 0 Å². The molecule has 0 radical (unpaired) electrons. The van der Waals surface area contributed by atoms with Crippen LogP contribution in [-0.2, 0) is 0 Å². The second-order valence-corrected chi connectivity index (χ2v) is 7.19. The van der Waals surface area contributed by atoms with E-state index < -0.39 is 0 Å². The van der Waals surface area contributed by atoms with E-state index in [0.29, 0.717) is 0 Å². The third kappa shape index (κ3) is 2.47. The summed E-state index contributed by atoms with van der Waals surface area (Å²) in [5.74, 6) is 0. The number of aryl methyl sites for hydroxylation is 2. The van der Waals surface area contributed by atoms with Gasteiger partial charge in [-0.3, -0.25) is 0 Å². The molecule has 0 bridgehead atoms.